The molecule has 2 aromatic rings. The maximum absolute atomic E-state index is 10.6. The lowest BCUT2D eigenvalue weighted by molar-refractivity contribution is -0.138. The highest BCUT2D eigenvalue weighted by Crippen LogP contribution is 2.19. The van der Waals surface area contributed by atoms with Gasteiger partial charge in [0.05, 0.1) is 0 Å². The van der Waals surface area contributed by atoms with Crippen molar-refractivity contribution < 1.29 is 9.90 Å². The maximum Gasteiger partial charge on any atom is 0.325 e. The lowest BCUT2D eigenvalue weighted by Gasteiger charge is -2.01. The van der Waals surface area contributed by atoms with Gasteiger partial charge in [-0.15, -0.1) is 5.10 Å². The zero-order chi connectivity index (χ0) is 13.0. The molecule has 0 aromatic carbocycles. The molecular weight excluding hydrogens is 278 g/mol. The molecular formula is C9H8ClN5O2S. The van der Waals surface area contributed by atoms with E-state index in [0.29, 0.717) is 16.1 Å². The topological polar surface area (TPSA) is 93.8 Å². The summed E-state index contributed by atoms with van der Waals surface area (Å²) in [7, 11) is 0. The third kappa shape index (κ3) is 3.41. The van der Waals surface area contributed by atoms with Crippen LogP contribution in [0.2, 0.25) is 5.15 Å². The van der Waals surface area contributed by atoms with Crippen LogP contribution in [0.4, 0.5) is 0 Å². The van der Waals surface area contributed by atoms with E-state index < -0.39 is 5.97 Å². The minimum absolute atomic E-state index is 0.256. The first-order valence-corrected chi connectivity index (χ1v) is 6.22. The summed E-state index contributed by atoms with van der Waals surface area (Å²) in [4.78, 5) is 14.5. The van der Waals surface area contributed by atoms with Crippen molar-refractivity contribution >= 4 is 29.3 Å². The largest absolute Gasteiger partial charge is 0.480 e. The van der Waals surface area contributed by atoms with E-state index in [1.54, 1.807) is 12.3 Å². The Morgan fingerprint density at radius 1 is 1.50 bits per heavy atom. The minimum atomic E-state index is -0.989. The molecule has 2 rings (SSSR count). The molecule has 0 amide bonds. The standard InChI is InChI=1S/C9H8ClN5O2S/c10-7-2-1-6(3-11-7)5-18-9-12-13-14-15(9)4-8(16)17/h1-3H,4-5H2,(H,16,17). The Labute approximate surface area is 111 Å². The van der Waals surface area contributed by atoms with Crippen molar-refractivity contribution in [2.45, 2.75) is 17.5 Å². The number of tetrazole rings is 1. The van der Waals surface area contributed by atoms with Gasteiger partial charge < -0.3 is 5.11 Å². The van der Waals surface area contributed by atoms with Crippen LogP contribution in [-0.2, 0) is 17.1 Å². The normalized spacial score (nSPS) is 10.5. The van der Waals surface area contributed by atoms with Gasteiger partial charge in [0.2, 0.25) is 5.16 Å². The van der Waals surface area contributed by atoms with E-state index in [1.165, 1.54) is 16.4 Å². The van der Waals surface area contributed by atoms with Crippen LogP contribution in [0.3, 0.4) is 0 Å². The van der Waals surface area contributed by atoms with Gasteiger partial charge in [-0.3, -0.25) is 4.79 Å². The van der Waals surface area contributed by atoms with Crippen LogP contribution < -0.4 is 0 Å². The first-order chi connectivity index (χ1) is 8.65. The average Bonchev–Trinajstić information content (AvgIpc) is 2.75. The summed E-state index contributed by atoms with van der Waals surface area (Å²) in [5.41, 5.74) is 0.953. The maximum atomic E-state index is 10.6. The number of carbonyl (C=O) groups is 1. The molecule has 94 valence electrons. The first kappa shape index (κ1) is 12.8. The Hall–Kier alpha value is -1.67. The molecule has 0 atom stereocenters. The Morgan fingerprint density at radius 2 is 2.33 bits per heavy atom. The number of hydrogen-bond acceptors (Lipinski definition) is 6. The molecule has 0 spiro atoms. The quantitative estimate of drug-likeness (QED) is 0.649. The molecule has 0 fully saturated rings. The Kier molecular flexibility index (Phi) is 4.11. The molecule has 0 aliphatic rings. The van der Waals surface area contributed by atoms with Crippen LogP contribution >= 0.6 is 23.4 Å². The smallest absolute Gasteiger partial charge is 0.325 e. The molecule has 0 aliphatic carbocycles. The number of hydrogen-bond donors (Lipinski definition) is 1. The first-order valence-electron chi connectivity index (χ1n) is 4.86. The van der Waals surface area contributed by atoms with Gasteiger partial charge in [0.1, 0.15) is 11.7 Å². The van der Waals surface area contributed by atoms with E-state index in [0.717, 1.165) is 5.56 Å². The van der Waals surface area contributed by atoms with Crippen molar-refractivity contribution in [3.05, 3.63) is 29.0 Å². The number of aliphatic carboxylic acids is 1. The van der Waals surface area contributed by atoms with Gasteiger partial charge in [0.15, 0.2) is 0 Å². The molecule has 0 saturated heterocycles. The second-order valence-electron chi connectivity index (χ2n) is 3.29. The van der Waals surface area contributed by atoms with E-state index in [1.807, 2.05) is 6.07 Å². The number of carboxylic acid groups (broad SMARTS) is 1. The van der Waals surface area contributed by atoms with Gasteiger partial charge in [0, 0.05) is 11.9 Å². The monoisotopic (exact) mass is 285 g/mol. The zero-order valence-corrected chi connectivity index (χ0v) is 10.6. The SMILES string of the molecule is O=C(O)Cn1nnnc1SCc1ccc(Cl)nc1. The number of rotatable bonds is 5. The Balaban J connectivity index is 1.99. The molecule has 7 nitrogen and oxygen atoms in total. The van der Waals surface area contributed by atoms with E-state index in [9.17, 15) is 4.79 Å². The number of thioether (sulfide) groups is 1. The van der Waals surface area contributed by atoms with E-state index in [4.69, 9.17) is 16.7 Å². The predicted molar refractivity (Wildman–Crippen MR) is 64.3 cm³/mol. The highest BCUT2D eigenvalue weighted by Gasteiger charge is 2.10. The number of nitrogens with zero attached hydrogens (tertiary/aromatic N) is 5. The Morgan fingerprint density at radius 3 is 3.00 bits per heavy atom. The van der Waals surface area contributed by atoms with E-state index in [-0.39, 0.29) is 6.54 Å². The predicted octanol–water partition coefficient (Wildman–Crippen LogP) is 1.10. The number of carboxylic acids is 1. The lowest BCUT2D eigenvalue weighted by Crippen LogP contribution is -2.11. The summed E-state index contributed by atoms with van der Waals surface area (Å²) < 4.78 is 1.23. The molecule has 0 radical (unpaired) electrons. The van der Waals surface area contributed by atoms with Crippen LogP contribution in [0.25, 0.3) is 0 Å². The number of aromatic nitrogens is 5. The summed E-state index contributed by atoms with van der Waals surface area (Å²) in [6.45, 7) is -0.256. The fourth-order valence-corrected chi connectivity index (χ4v) is 2.09. The second-order valence-corrected chi connectivity index (χ2v) is 4.62. The summed E-state index contributed by atoms with van der Waals surface area (Å²) in [6, 6.07) is 3.53. The highest BCUT2D eigenvalue weighted by molar-refractivity contribution is 7.98. The van der Waals surface area contributed by atoms with Crippen molar-refractivity contribution in [3.63, 3.8) is 0 Å². The number of halogens is 1. The van der Waals surface area contributed by atoms with Crippen molar-refractivity contribution in [3.8, 4) is 0 Å². The van der Waals surface area contributed by atoms with Gasteiger partial charge in [-0.05, 0) is 22.1 Å². The van der Waals surface area contributed by atoms with Gasteiger partial charge in [-0.2, -0.15) is 0 Å². The fourth-order valence-electron chi connectivity index (χ4n) is 1.17. The number of pyridine rings is 1. The van der Waals surface area contributed by atoms with E-state index >= 15 is 0 Å². The van der Waals surface area contributed by atoms with Crippen LogP contribution in [0, 0.1) is 0 Å². The summed E-state index contributed by atoms with van der Waals surface area (Å²) >= 11 is 7.01. The van der Waals surface area contributed by atoms with Gasteiger partial charge in [0.25, 0.3) is 0 Å². The lowest BCUT2D eigenvalue weighted by atomic mass is 10.3. The molecule has 0 unspecified atom stereocenters. The molecule has 0 bridgehead atoms. The van der Waals surface area contributed by atoms with Crippen molar-refractivity contribution in [2.75, 3.05) is 0 Å². The highest BCUT2D eigenvalue weighted by atomic mass is 35.5. The molecule has 9 heteroatoms. The fraction of sp³-hybridized carbons (Fsp3) is 0.222. The molecule has 1 N–H and O–H groups in total. The van der Waals surface area contributed by atoms with Crippen LogP contribution in [0.1, 0.15) is 5.56 Å². The van der Waals surface area contributed by atoms with Gasteiger partial charge in [-0.1, -0.05) is 29.4 Å². The van der Waals surface area contributed by atoms with Crippen molar-refractivity contribution in [2.24, 2.45) is 0 Å². The summed E-state index contributed by atoms with van der Waals surface area (Å²) in [5, 5.41) is 20.4. The molecule has 0 saturated carbocycles. The molecule has 18 heavy (non-hydrogen) atoms. The van der Waals surface area contributed by atoms with Crippen LogP contribution in [-0.4, -0.2) is 36.3 Å². The second kappa shape index (κ2) is 5.78. The van der Waals surface area contributed by atoms with Crippen molar-refractivity contribution in [1.29, 1.82) is 0 Å². The third-order valence-electron chi connectivity index (χ3n) is 1.94. The molecule has 2 aromatic heterocycles. The average molecular weight is 286 g/mol. The van der Waals surface area contributed by atoms with E-state index in [2.05, 4.69) is 20.5 Å². The zero-order valence-electron chi connectivity index (χ0n) is 9.02. The summed E-state index contributed by atoms with van der Waals surface area (Å²) in [6.07, 6.45) is 1.65. The molecule has 2 heterocycles. The summed E-state index contributed by atoms with van der Waals surface area (Å²) in [5.74, 6) is -0.401. The van der Waals surface area contributed by atoms with Crippen LogP contribution in [0.5, 0.6) is 0 Å². The Bertz CT molecular complexity index is 544. The van der Waals surface area contributed by atoms with Gasteiger partial charge in [-0.25, -0.2) is 9.67 Å². The van der Waals surface area contributed by atoms with Crippen LogP contribution in [0.15, 0.2) is 23.5 Å². The van der Waals surface area contributed by atoms with Crippen molar-refractivity contribution in [1.82, 2.24) is 25.2 Å². The molecule has 0 aliphatic heterocycles. The van der Waals surface area contributed by atoms with Gasteiger partial charge >= 0.3 is 5.97 Å². The third-order valence-corrected chi connectivity index (χ3v) is 3.19. The minimum Gasteiger partial charge on any atom is -0.480 e.